The van der Waals surface area contributed by atoms with Crippen LogP contribution in [0.2, 0.25) is 0 Å². The van der Waals surface area contributed by atoms with E-state index in [0.717, 1.165) is 30.2 Å². The van der Waals surface area contributed by atoms with Crippen molar-refractivity contribution in [3.05, 3.63) is 47.1 Å². The van der Waals surface area contributed by atoms with Crippen LogP contribution in [0.1, 0.15) is 6.42 Å². The summed E-state index contributed by atoms with van der Waals surface area (Å²) in [4.78, 5) is 21.3. The van der Waals surface area contributed by atoms with Gasteiger partial charge in [0.2, 0.25) is 0 Å². The molecule has 6 heteroatoms. The zero-order chi connectivity index (χ0) is 13.5. The van der Waals surface area contributed by atoms with Gasteiger partial charge in [0.1, 0.15) is 17.8 Å². The van der Waals surface area contributed by atoms with Crippen molar-refractivity contribution in [2.45, 2.75) is 13.0 Å². The van der Waals surface area contributed by atoms with Crippen molar-refractivity contribution < 1.29 is 0 Å². The van der Waals surface area contributed by atoms with E-state index in [9.17, 15) is 4.79 Å². The van der Waals surface area contributed by atoms with E-state index in [4.69, 9.17) is 0 Å². The average molecular weight is 267 g/mol. The molecule has 0 aliphatic carbocycles. The zero-order valence-corrected chi connectivity index (χ0v) is 10.8. The Labute approximate surface area is 115 Å². The first-order valence-corrected chi connectivity index (χ1v) is 6.62. The van der Waals surface area contributed by atoms with Crippen LogP contribution in [-0.2, 0) is 6.54 Å². The van der Waals surface area contributed by atoms with Crippen molar-refractivity contribution in [3.8, 4) is 17.2 Å². The molecule has 0 atom stereocenters. The number of fused-ring (bicyclic) bond motifs is 3. The van der Waals surface area contributed by atoms with Crippen molar-refractivity contribution in [2.24, 2.45) is 0 Å². The van der Waals surface area contributed by atoms with Crippen LogP contribution >= 0.6 is 0 Å². The first-order valence-electron chi connectivity index (χ1n) is 6.62. The molecule has 3 aliphatic rings. The van der Waals surface area contributed by atoms with Crippen molar-refractivity contribution in [3.63, 3.8) is 0 Å². The summed E-state index contributed by atoms with van der Waals surface area (Å²) in [6, 6.07) is 9.55. The number of aromatic nitrogens is 4. The molecule has 1 N–H and O–H groups in total. The number of hydrogen-bond donors (Lipinski definition) is 1. The minimum atomic E-state index is -0.0774. The average Bonchev–Trinajstić information content (AvgIpc) is 2.98. The summed E-state index contributed by atoms with van der Waals surface area (Å²) < 4.78 is 3.37. The molecule has 6 nitrogen and oxygen atoms in total. The molecule has 1 aromatic rings. The van der Waals surface area contributed by atoms with Gasteiger partial charge in [0, 0.05) is 13.1 Å². The molecule has 0 saturated heterocycles. The number of imidazole rings is 1. The summed E-state index contributed by atoms with van der Waals surface area (Å²) >= 11 is 0. The molecule has 0 bridgehead atoms. The summed E-state index contributed by atoms with van der Waals surface area (Å²) in [6.07, 6.45) is 2.43. The molecular weight excluding hydrogens is 254 g/mol. The van der Waals surface area contributed by atoms with E-state index in [0.29, 0.717) is 12.4 Å². The van der Waals surface area contributed by atoms with Gasteiger partial charge in [0.05, 0.1) is 5.69 Å². The van der Waals surface area contributed by atoms with Gasteiger partial charge >= 0.3 is 5.69 Å². The molecule has 0 spiro atoms. The highest BCUT2D eigenvalue weighted by Crippen LogP contribution is 2.28. The molecule has 0 aromatic heterocycles. The van der Waals surface area contributed by atoms with Gasteiger partial charge in [-0.25, -0.2) is 19.3 Å². The lowest BCUT2D eigenvalue weighted by molar-refractivity contribution is 0.580. The largest absolute Gasteiger partial charge is 0.369 e. The molecule has 0 radical (unpaired) electrons. The Morgan fingerprint density at radius 3 is 2.85 bits per heavy atom. The third kappa shape index (κ3) is 1.48. The number of rotatable bonds is 1. The van der Waals surface area contributed by atoms with Crippen LogP contribution in [-0.4, -0.2) is 25.6 Å². The summed E-state index contributed by atoms with van der Waals surface area (Å²) in [6.45, 7) is 1.56. The summed E-state index contributed by atoms with van der Waals surface area (Å²) in [5.41, 5.74) is 1.48. The van der Waals surface area contributed by atoms with Gasteiger partial charge < -0.3 is 5.32 Å². The highest BCUT2D eigenvalue weighted by atomic mass is 16.1. The van der Waals surface area contributed by atoms with Gasteiger partial charge in [-0.15, -0.1) is 0 Å². The Morgan fingerprint density at radius 1 is 1.15 bits per heavy atom. The van der Waals surface area contributed by atoms with Gasteiger partial charge in [0.25, 0.3) is 0 Å². The number of nitrogens with one attached hydrogen (secondary N) is 1. The van der Waals surface area contributed by atoms with Crippen molar-refractivity contribution in [1.29, 1.82) is 0 Å². The second-order valence-corrected chi connectivity index (χ2v) is 4.78. The van der Waals surface area contributed by atoms with E-state index in [-0.39, 0.29) is 5.69 Å². The lowest BCUT2D eigenvalue weighted by atomic mass is 10.2. The predicted octanol–water partition coefficient (Wildman–Crippen LogP) is 1.35. The quantitative estimate of drug-likeness (QED) is 0.723. The first kappa shape index (κ1) is 11.2. The standard InChI is InChI=1S/C14H13N5O/c20-14-18-8-4-7-15-12(18)11-13(17-9-16-11)19(14)10-5-2-1-3-6-10/h1-3,5-6,9,15H,4,7-8H2. The van der Waals surface area contributed by atoms with Crippen LogP contribution in [0.3, 0.4) is 0 Å². The maximum absolute atomic E-state index is 12.7. The molecule has 0 saturated carbocycles. The van der Waals surface area contributed by atoms with Gasteiger partial charge in [0.15, 0.2) is 5.82 Å². The summed E-state index contributed by atoms with van der Waals surface area (Å²) in [5, 5.41) is 3.26. The molecule has 0 unspecified atom stereocenters. The number of hydrogen-bond acceptors (Lipinski definition) is 4. The normalized spacial score (nSPS) is 14.0. The highest BCUT2D eigenvalue weighted by molar-refractivity contribution is 5.69. The Bertz CT molecular complexity index is 789. The van der Waals surface area contributed by atoms with Crippen LogP contribution < -0.4 is 11.0 Å². The number of para-hydroxylation sites is 1. The van der Waals surface area contributed by atoms with E-state index < -0.39 is 0 Å². The molecule has 3 aliphatic heterocycles. The Morgan fingerprint density at radius 2 is 2.00 bits per heavy atom. The predicted molar refractivity (Wildman–Crippen MR) is 75.3 cm³/mol. The van der Waals surface area contributed by atoms with Gasteiger partial charge in [-0.05, 0) is 18.6 Å². The minimum absolute atomic E-state index is 0.0774. The van der Waals surface area contributed by atoms with E-state index >= 15 is 0 Å². The molecule has 0 fully saturated rings. The van der Waals surface area contributed by atoms with Crippen molar-refractivity contribution >= 4 is 5.82 Å². The Kier molecular flexibility index (Phi) is 2.35. The third-order valence-corrected chi connectivity index (χ3v) is 3.57. The molecule has 0 amide bonds. The Balaban J connectivity index is 2.10. The SMILES string of the molecule is O=c1n2c(c3ncnc-3n1-c1ccccc1)NCCC2. The lowest BCUT2D eigenvalue weighted by Gasteiger charge is -2.24. The number of anilines is 1. The first-order chi connectivity index (χ1) is 9.86. The maximum Gasteiger partial charge on any atom is 0.336 e. The van der Waals surface area contributed by atoms with Crippen LogP contribution in [0.25, 0.3) is 17.2 Å². The smallest absolute Gasteiger partial charge is 0.336 e. The fourth-order valence-corrected chi connectivity index (χ4v) is 2.67. The van der Waals surface area contributed by atoms with Gasteiger partial charge in [-0.3, -0.25) is 4.57 Å². The van der Waals surface area contributed by atoms with E-state index in [1.54, 1.807) is 9.13 Å². The molecule has 20 heavy (non-hydrogen) atoms. The molecule has 4 rings (SSSR count). The zero-order valence-electron chi connectivity index (χ0n) is 10.8. The minimum Gasteiger partial charge on any atom is -0.369 e. The molecule has 3 heterocycles. The van der Waals surface area contributed by atoms with Gasteiger partial charge in [-0.2, -0.15) is 0 Å². The topological polar surface area (TPSA) is 64.7 Å². The summed E-state index contributed by atoms with van der Waals surface area (Å²) in [7, 11) is 0. The monoisotopic (exact) mass is 267 g/mol. The fraction of sp³-hybridized carbons (Fsp3) is 0.214. The maximum atomic E-state index is 12.7. The third-order valence-electron chi connectivity index (χ3n) is 3.57. The second-order valence-electron chi connectivity index (χ2n) is 4.78. The molecule has 1 aromatic carbocycles. The van der Waals surface area contributed by atoms with Crippen molar-refractivity contribution in [1.82, 2.24) is 19.1 Å². The van der Waals surface area contributed by atoms with E-state index in [1.165, 1.54) is 6.33 Å². The lowest BCUT2D eigenvalue weighted by Crippen LogP contribution is -2.36. The van der Waals surface area contributed by atoms with Crippen LogP contribution in [0.15, 0.2) is 41.5 Å². The fourth-order valence-electron chi connectivity index (χ4n) is 2.67. The molecular formula is C14H13N5O. The second kappa shape index (κ2) is 4.19. The highest BCUT2D eigenvalue weighted by Gasteiger charge is 2.25. The Hall–Kier alpha value is -2.63. The summed E-state index contributed by atoms with van der Waals surface area (Å²) in [5.74, 6) is 1.38. The van der Waals surface area contributed by atoms with Crippen LogP contribution in [0.5, 0.6) is 0 Å². The number of nitrogens with zero attached hydrogens (tertiary/aromatic N) is 4. The van der Waals surface area contributed by atoms with E-state index in [1.807, 2.05) is 30.3 Å². The van der Waals surface area contributed by atoms with Crippen molar-refractivity contribution in [2.75, 3.05) is 11.9 Å². The van der Waals surface area contributed by atoms with E-state index in [2.05, 4.69) is 15.3 Å². The number of benzene rings is 1. The van der Waals surface area contributed by atoms with Gasteiger partial charge in [-0.1, -0.05) is 18.2 Å². The van der Waals surface area contributed by atoms with Crippen LogP contribution in [0.4, 0.5) is 5.82 Å². The molecule has 100 valence electrons. The van der Waals surface area contributed by atoms with Crippen LogP contribution in [0, 0.1) is 0 Å².